The van der Waals surface area contributed by atoms with Crippen LogP contribution in [0.5, 0.6) is 0 Å². The van der Waals surface area contributed by atoms with E-state index in [0.29, 0.717) is 12.5 Å². The summed E-state index contributed by atoms with van der Waals surface area (Å²) in [7, 11) is 0. The zero-order chi connectivity index (χ0) is 16.1. The number of anilines is 1. The molecule has 4 saturated heterocycles. The van der Waals surface area contributed by atoms with E-state index < -0.39 is 0 Å². The van der Waals surface area contributed by atoms with Gasteiger partial charge in [0.2, 0.25) is 0 Å². The van der Waals surface area contributed by atoms with E-state index in [1.165, 1.54) is 0 Å². The third-order valence-corrected chi connectivity index (χ3v) is 6.58. The molecule has 1 spiro atoms. The first kappa shape index (κ1) is 14.4. The molecule has 4 aliphatic heterocycles. The molecule has 0 aliphatic carbocycles. The van der Waals surface area contributed by atoms with Crippen LogP contribution >= 0.6 is 11.3 Å². The molecule has 0 unspecified atom stereocenters. The number of hydrogen-bond acceptors (Lipinski definition) is 6. The molecule has 2 bridgehead atoms. The molecule has 0 radical (unpaired) electrons. The highest BCUT2D eigenvalue weighted by Gasteiger charge is 2.55. The van der Waals surface area contributed by atoms with Crippen LogP contribution in [0.3, 0.4) is 0 Å². The molecule has 2 aromatic heterocycles. The van der Waals surface area contributed by atoms with Gasteiger partial charge in [-0.05, 0) is 44.1 Å². The molecular formula is C17H18N4O2S. The van der Waals surface area contributed by atoms with Crippen molar-refractivity contribution >= 4 is 22.4 Å². The summed E-state index contributed by atoms with van der Waals surface area (Å²) in [5, 5.41) is 0.932. The third kappa shape index (κ3) is 2.15. The number of thiophene rings is 1. The van der Waals surface area contributed by atoms with Crippen LogP contribution in [-0.4, -0.2) is 52.7 Å². The maximum absolute atomic E-state index is 12.5. The minimum absolute atomic E-state index is 0.208. The Labute approximate surface area is 144 Å². The van der Waals surface area contributed by atoms with Crippen LogP contribution in [0.2, 0.25) is 0 Å². The van der Waals surface area contributed by atoms with Crippen molar-refractivity contribution in [2.45, 2.75) is 18.4 Å². The van der Waals surface area contributed by atoms with Gasteiger partial charge in [-0.2, -0.15) is 0 Å². The molecule has 4 aliphatic rings. The first-order valence-electron chi connectivity index (χ1n) is 8.33. The summed E-state index contributed by atoms with van der Waals surface area (Å²) < 4.78 is 5.93. The number of ether oxygens (including phenoxy) is 1. The minimum atomic E-state index is -0.313. The van der Waals surface area contributed by atoms with Crippen molar-refractivity contribution in [3.05, 3.63) is 30.7 Å². The van der Waals surface area contributed by atoms with Crippen molar-refractivity contribution in [3.8, 4) is 10.6 Å². The maximum Gasteiger partial charge on any atom is 0.415 e. The number of aromatic nitrogens is 2. The van der Waals surface area contributed by atoms with E-state index in [0.717, 1.165) is 48.0 Å². The van der Waals surface area contributed by atoms with Gasteiger partial charge in [0.05, 0.1) is 17.1 Å². The van der Waals surface area contributed by atoms with Crippen LogP contribution in [0.1, 0.15) is 12.8 Å². The van der Waals surface area contributed by atoms with Gasteiger partial charge < -0.3 is 4.74 Å². The van der Waals surface area contributed by atoms with Gasteiger partial charge in [0.1, 0.15) is 16.9 Å². The second-order valence-electron chi connectivity index (χ2n) is 6.80. The topological polar surface area (TPSA) is 58.6 Å². The predicted octanol–water partition coefficient (Wildman–Crippen LogP) is 2.63. The van der Waals surface area contributed by atoms with Gasteiger partial charge in [-0.1, -0.05) is 0 Å². The van der Waals surface area contributed by atoms with Crippen LogP contribution < -0.4 is 4.90 Å². The van der Waals surface area contributed by atoms with Gasteiger partial charge in [0, 0.05) is 18.7 Å². The van der Waals surface area contributed by atoms with Crippen molar-refractivity contribution in [2.75, 3.05) is 31.1 Å². The van der Waals surface area contributed by atoms with Crippen LogP contribution in [0.4, 0.5) is 9.80 Å². The monoisotopic (exact) mass is 342 g/mol. The number of carbonyl (C=O) groups excluding carboxylic acids is 1. The van der Waals surface area contributed by atoms with Crippen molar-refractivity contribution < 1.29 is 9.53 Å². The van der Waals surface area contributed by atoms with Crippen LogP contribution in [0, 0.1) is 5.92 Å². The summed E-state index contributed by atoms with van der Waals surface area (Å²) in [5.41, 5.74) is 0.568. The van der Waals surface area contributed by atoms with Crippen LogP contribution in [-0.2, 0) is 4.74 Å². The Hall–Kier alpha value is -1.99. The quantitative estimate of drug-likeness (QED) is 0.840. The first-order valence-corrected chi connectivity index (χ1v) is 9.14. The molecule has 0 saturated carbocycles. The normalized spacial score (nSPS) is 31.7. The highest BCUT2D eigenvalue weighted by molar-refractivity contribution is 7.19. The van der Waals surface area contributed by atoms with Crippen molar-refractivity contribution in [1.29, 1.82) is 0 Å². The van der Waals surface area contributed by atoms with Gasteiger partial charge in [-0.3, -0.25) is 9.80 Å². The molecule has 1 atom stereocenters. The molecule has 4 fully saturated rings. The Balaban J connectivity index is 1.42. The maximum atomic E-state index is 12.5. The Morgan fingerprint density at radius 1 is 1.21 bits per heavy atom. The number of nitrogens with zero attached hydrogens (tertiary/aromatic N) is 4. The fraction of sp³-hybridized carbons (Fsp3) is 0.471. The van der Waals surface area contributed by atoms with E-state index >= 15 is 0 Å². The Morgan fingerprint density at radius 3 is 2.79 bits per heavy atom. The van der Waals surface area contributed by atoms with Gasteiger partial charge in [0.25, 0.3) is 0 Å². The van der Waals surface area contributed by atoms with E-state index in [1.807, 2.05) is 18.2 Å². The average molecular weight is 342 g/mol. The Morgan fingerprint density at radius 2 is 2.08 bits per heavy atom. The zero-order valence-electron chi connectivity index (χ0n) is 13.2. The molecule has 0 N–H and O–H groups in total. The lowest BCUT2D eigenvalue weighted by Crippen LogP contribution is -2.61. The number of carbonyl (C=O) groups is 1. The summed E-state index contributed by atoms with van der Waals surface area (Å²) >= 11 is 1.58. The minimum Gasteiger partial charge on any atom is -0.439 e. The molecule has 24 heavy (non-hydrogen) atoms. The molecule has 2 aromatic rings. The summed E-state index contributed by atoms with van der Waals surface area (Å²) in [6, 6.07) is 5.88. The molecular weight excluding hydrogens is 324 g/mol. The predicted molar refractivity (Wildman–Crippen MR) is 91.1 cm³/mol. The SMILES string of the molecule is O=C1O[C@@]2(CN3CCC2CC3)CN1c1ccc(-c2ccncn2)s1. The van der Waals surface area contributed by atoms with E-state index in [1.54, 1.807) is 28.8 Å². The van der Waals surface area contributed by atoms with E-state index in [4.69, 9.17) is 4.74 Å². The summed E-state index contributed by atoms with van der Waals surface area (Å²) in [4.78, 5) is 26.0. The Bertz CT molecular complexity index is 772. The summed E-state index contributed by atoms with van der Waals surface area (Å²) in [6.07, 6.45) is 5.34. The molecule has 0 aromatic carbocycles. The van der Waals surface area contributed by atoms with Crippen molar-refractivity contribution in [3.63, 3.8) is 0 Å². The first-order chi connectivity index (χ1) is 11.7. The number of amides is 1. The highest BCUT2D eigenvalue weighted by atomic mass is 32.1. The van der Waals surface area contributed by atoms with Crippen LogP contribution in [0.15, 0.2) is 30.7 Å². The van der Waals surface area contributed by atoms with E-state index in [-0.39, 0.29) is 11.7 Å². The largest absolute Gasteiger partial charge is 0.439 e. The Kier molecular flexibility index (Phi) is 3.14. The highest BCUT2D eigenvalue weighted by Crippen LogP contribution is 2.44. The van der Waals surface area contributed by atoms with Crippen molar-refractivity contribution in [2.24, 2.45) is 5.92 Å². The fourth-order valence-electron chi connectivity index (χ4n) is 4.23. The third-order valence-electron chi connectivity index (χ3n) is 5.45. The average Bonchev–Trinajstić information content (AvgIpc) is 3.22. The summed E-state index contributed by atoms with van der Waals surface area (Å²) in [5.74, 6) is 0.498. The van der Waals surface area contributed by atoms with Gasteiger partial charge >= 0.3 is 6.09 Å². The molecule has 6 nitrogen and oxygen atoms in total. The van der Waals surface area contributed by atoms with E-state index in [9.17, 15) is 4.79 Å². The van der Waals surface area contributed by atoms with Gasteiger partial charge in [-0.25, -0.2) is 14.8 Å². The van der Waals surface area contributed by atoms with E-state index in [2.05, 4.69) is 14.9 Å². The lowest BCUT2D eigenvalue weighted by molar-refractivity contribution is -0.0881. The lowest BCUT2D eigenvalue weighted by Gasteiger charge is -2.49. The number of piperidine rings is 3. The van der Waals surface area contributed by atoms with Crippen molar-refractivity contribution in [1.82, 2.24) is 14.9 Å². The smallest absolute Gasteiger partial charge is 0.415 e. The number of fused-ring (bicyclic) bond motifs is 2. The standard InChI is InChI=1S/C17H18N4O2S/c22-16-21(10-17(23-16)9-20-7-4-12(17)5-8-20)15-2-1-14(24-15)13-3-6-18-11-19-13/h1-3,6,11-12H,4-5,7-10H2/t17-/m0/s1. The molecule has 6 heterocycles. The molecule has 124 valence electrons. The molecule has 6 rings (SSSR count). The number of hydrogen-bond donors (Lipinski definition) is 0. The molecule has 1 amide bonds. The van der Waals surface area contributed by atoms with Gasteiger partial charge in [0.15, 0.2) is 0 Å². The van der Waals surface area contributed by atoms with Crippen LogP contribution in [0.25, 0.3) is 10.6 Å². The number of rotatable bonds is 2. The fourth-order valence-corrected chi connectivity index (χ4v) is 5.20. The van der Waals surface area contributed by atoms with Gasteiger partial charge in [-0.15, -0.1) is 11.3 Å². The second kappa shape index (κ2) is 5.26. The lowest BCUT2D eigenvalue weighted by atomic mass is 9.75. The summed E-state index contributed by atoms with van der Waals surface area (Å²) in [6.45, 7) is 3.82. The second-order valence-corrected chi connectivity index (χ2v) is 7.86. The molecule has 7 heteroatoms. The zero-order valence-corrected chi connectivity index (χ0v) is 14.0.